The zero-order chi connectivity index (χ0) is 11.1. The summed E-state index contributed by atoms with van der Waals surface area (Å²) in [6, 6.07) is 4.31. The van der Waals surface area contributed by atoms with Gasteiger partial charge in [-0.15, -0.1) is 0 Å². The fourth-order valence-electron chi connectivity index (χ4n) is 1.39. The molecule has 1 aliphatic heterocycles. The Bertz CT molecular complexity index is 449. The predicted octanol–water partition coefficient (Wildman–Crippen LogP) is 2.25. The number of halogens is 1. The van der Waals surface area contributed by atoms with Crippen LogP contribution in [0.1, 0.15) is 19.4 Å². The van der Waals surface area contributed by atoms with Gasteiger partial charge in [0.2, 0.25) is 0 Å². The number of hydrogen-bond donors (Lipinski definition) is 0. The molecule has 0 bridgehead atoms. The van der Waals surface area contributed by atoms with Crippen molar-refractivity contribution in [3.8, 4) is 17.6 Å². The number of hydrogen-bond acceptors (Lipinski definition) is 3. The van der Waals surface area contributed by atoms with Crippen LogP contribution in [0, 0.1) is 17.1 Å². The maximum absolute atomic E-state index is 13.3. The molecule has 1 aromatic carbocycles. The van der Waals surface area contributed by atoms with Gasteiger partial charge in [0.05, 0.1) is 5.56 Å². The molecule has 0 radical (unpaired) electrons. The van der Waals surface area contributed by atoms with E-state index in [1.807, 2.05) is 13.8 Å². The maximum Gasteiger partial charge on any atom is 0.165 e. The molecule has 0 unspecified atom stereocenters. The topological polar surface area (TPSA) is 42.2 Å². The van der Waals surface area contributed by atoms with E-state index in [0.29, 0.717) is 18.1 Å². The lowest BCUT2D eigenvalue weighted by atomic mass is 10.1. The van der Waals surface area contributed by atoms with Gasteiger partial charge < -0.3 is 9.47 Å². The predicted molar refractivity (Wildman–Crippen MR) is 51.3 cm³/mol. The molecule has 0 saturated carbocycles. The van der Waals surface area contributed by atoms with Crippen LogP contribution < -0.4 is 9.47 Å². The molecule has 3 nitrogen and oxygen atoms in total. The van der Waals surface area contributed by atoms with E-state index in [0.717, 1.165) is 0 Å². The Balaban J connectivity index is 2.47. The van der Waals surface area contributed by atoms with Crippen molar-refractivity contribution in [2.45, 2.75) is 19.4 Å². The van der Waals surface area contributed by atoms with Crippen molar-refractivity contribution in [3.63, 3.8) is 0 Å². The van der Waals surface area contributed by atoms with Gasteiger partial charge in [0, 0.05) is 12.1 Å². The van der Waals surface area contributed by atoms with Crippen LogP contribution in [0.15, 0.2) is 12.1 Å². The van der Waals surface area contributed by atoms with Crippen LogP contribution in [0.3, 0.4) is 0 Å². The van der Waals surface area contributed by atoms with Crippen molar-refractivity contribution < 1.29 is 13.9 Å². The van der Waals surface area contributed by atoms with Crippen LogP contribution >= 0.6 is 0 Å². The second-order valence-corrected chi connectivity index (χ2v) is 4.04. The molecule has 1 heterocycles. The third kappa shape index (κ3) is 1.73. The van der Waals surface area contributed by atoms with Gasteiger partial charge in [0.25, 0.3) is 0 Å². The van der Waals surface area contributed by atoms with Crippen molar-refractivity contribution in [1.29, 1.82) is 5.26 Å². The van der Waals surface area contributed by atoms with Crippen molar-refractivity contribution in [2.24, 2.45) is 0 Å². The molecule has 0 amide bonds. The summed E-state index contributed by atoms with van der Waals surface area (Å²) >= 11 is 0. The van der Waals surface area contributed by atoms with Gasteiger partial charge in [-0.2, -0.15) is 5.26 Å². The van der Waals surface area contributed by atoms with E-state index < -0.39 is 11.4 Å². The minimum absolute atomic E-state index is 0.0305. The largest absolute Gasteiger partial charge is 0.485 e. The average molecular weight is 207 g/mol. The fourth-order valence-corrected chi connectivity index (χ4v) is 1.39. The summed E-state index contributed by atoms with van der Waals surface area (Å²) < 4.78 is 24.2. The molecule has 0 aliphatic carbocycles. The highest BCUT2D eigenvalue weighted by Gasteiger charge is 2.29. The minimum Gasteiger partial charge on any atom is -0.485 e. The van der Waals surface area contributed by atoms with Crippen LogP contribution in [0.5, 0.6) is 11.5 Å². The van der Waals surface area contributed by atoms with E-state index in [1.165, 1.54) is 12.1 Å². The van der Waals surface area contributed by atoms with E-state index >= 15 is 0 Å². The maximum atomic E-state index is 13.3. The molecular weight excluding hydrogens is 197 g/mol. The van der Waals surface area contributed by atoms with Gasteiger partial charge in [-0.1, -0.05) is 0 Å². The number of rotatable bonds is 0. The lowest BCUT2D eigenvalue weighted by Gasteiger charge is -2.32. The summed E-state index contributed by atoms with van der Waals surface area (Å²) in [6.07, 6.45) is 0. The molecule has 0 fully saturated rings. The molecule has 15 heavy (non-hydrogen) atoms. The molecule has 0 N–H and O–H groups in total. The van der Waals surface area contributed by atoms with Gasteiger partial charge in [0.1, 0.15) is 24.1 Å². The molecule has 0 atom stereocenters. The molecule has 0 aromatic heterocycles. The molecule has 4 heteroatoms. The van der Waals surface area contributed by atoms with E-state index in [1.54, 1.807) is 6.07 Å². The Hall–Kier alpha value is -1.76. The molecule has 2 rings (SSSR count). The first-order valence-corrected chi connectivity index (χ1v) is 4.57. The zero-order valence-corrected chi connectivity index (χ0v) is 8.50. The first-order valence-electron chi connectivity index (χ1n) is 4.57. The smallest absolute Gasteiger partial charge is 0.165 e. The summed E-state index contributed by atoms with van der Waals surface area (Å²) in [5.74, 6) is 0.188. The molecule has 0 saturated heterocycles. The van der Waals surface area contributed by atoms with Crippen LogP contribution in [0.4, 0.5) is 4.39 Å². The Morgan fingerprint density at radius 2 is 2.13 bits per heavy atom. The normalized spacial score (nSPS) is 16.9. The summed E-state index contributed by atoms with van der Waals surface area (Å²) in [6.45, 7) is 4.09. The highest BCUT2D eigenvalue weighted by atomic mass is 19.1. The van der Waals surface area contributed by atoms with Crippen LogP contribution in [-0.2, 0) is 0 Å². The first-order chi connectivity index (χ1) is 7.02. The quantitative estimate of drug-likeness (QED) is 0.655. The molecule has 0 spiro atoms. The standard InChI is InChI=1S/C11H10FNO2/c1-11(2)6-14-9-3-7(5-13)8(12)4-10(9)15-11/h3-4H,6H2,1-2H3. The SMILES string of the molecule is CC1(C)COc2cc(C#N)c(F)cc2O1. The van der Waals surface area contributed by atoms with Crippen molar-refractivity contribution in [2.75, 3.05) is 6.61 Å². The lowest BCUT2D eigenvalue weighted by molar-refractivity contribution is 0.0209. The molecule has 1 aliphatic rings. The number of ether oxygens (including phenoxy) is 2. The Labute approximate surface area is 87.0 Å². The summed E-state index contributed by atoms with van der Waals surface area (Å²) in [5.41, 5.74) is -0.495. The molecular formula is C11H10FNO2. The highest BCUT2D eigenvalue weighted by Crippen LogP contribution is 2.36. The summed E-state index contributed by atoms with van der Waals surface area (Å²) in [4.78, 5) is 0. The van der Waals surface area contributed by atoms with E-state index in [2.05, 4.69) is 0 Å². The van der Waals surface area contributed by atoms with Crippen molar-refractivity contribution in [3.05, 3.63) is 23.5 Å². The van der Waals surface area contributed by atoms with Crippen LogP contribution in [0.25, 0.3) is 0 Å². The molecule has 1 aromatic rings. The van der Waals surface area contributed by atoms with Crippen molar-refractivity contribution >= 4 is 0 Å². The minimum atomic E-state index is -0.586. The van der Waals surface area contributed by atoms with Crippen LogP contribution in [0.2, 0.25) is 0 Å². The summed E-state index contributed by atoms with van der Waals surface area (Å²) in [7, 11) is 0. The average Bonchev–Trinajstić information content (AvgIpc) is 2.15. The molecule has 78 valence electrons. The fraction of sp³-hybridized carbons (Fsp3) is 0.364. The van der Waals surface area contributed by atoms with Gasteiger partial charge in [0.15, 0.2) is 11.5 Å². The highest BCUT2D eigenvalue weighted by molar-refractivity contribution is 5.48. The van der Waals surface area contributed by atoms with E-state index in [4.69, 9.17) is 14.7 Å². The second kappa shape index (κ2) is 3.13. The lowest BCUT2D eigenvalue weighted by Crippen LogP contribution is -2.38. The number of benzene rings is 1. The Morgan fingerprint density at radius 3 is 2.80 bits per heavy atom. The van der Waals surface area contributed by atoms with E-state index in [-0.39, 0.29) is 5.56 Å². The van der Waals surface area contributed by atoms with Gasteiger partial charge in [-0.3, -0.25) is 0 Å². The van der Waals surface area contributed by atoms with Gasteiger partial charge in [-0.05, 0) is 13.8 Å². The number of fused-ring (bicyclic) bond motifs is 1. The monoisotopic (exact) mass is 207 g/mol. The van der Waals surface area contributed by atoms with Gasteiger partial charge >= 0.3 is 0 Å². The van der Waals surface area contributed by atoms with Gasteiger partial charge in [-0.25, -0.2) is 4.39 Å². The summed E-state index contributed by atoms with van der Waals surface area (Å²) in [5, 5.41) is 8.64. The third-order valence-corrected chi connectivity index (χ3v) is 2.12. The second-order valence-electron chi connectivity index (χ2n) is 4.04. The number of nitrogens with zero attached hydrogens (tertiary/aromatic N) is 1. The Kier molecular flexibility index (Phi) is 2.04. The third-order valence-electron chi connectivity index (χ3n) is 2.12. The van der Waals surface area contributed by atoms with E-state index in [9.17, 15) is 4.39 Å². The number of nitriles is 1. The first kappa shape index (κ1) is 9.78. The van der Waals surface area contributed by atoms with Crippen LogP contribution in [-0.4, -0.2) is 12.2 Å². The van der Waals surface area contributed by atoms with Crippen molar-refractivity contribution in [1.82, 2.24) is 0 Å². The zero-order valence-electron chi connectivity index (χ0n) is 8.50. The Morgan fingerprint density at radius 1 is 1.40 bits per heavy atom.